The molecule has 1 heterocycles. The Bertz CT molecular complexity index is 335. The Balaban J connectivity index is 2.12. The highest BCUT2D eigenvalue weighted by atomic mass is 15.1. The summed E-state index contributed by atoms with van der Waals surface area (Å²) >= 11 is 0. The number of piperidine rings is 1. The molecule has 0 unspecified atom stereocenters. The van der Waals surface area contributed by atoms with Crippen LogP contribution in [-0.2, 0) is 0 Å². The van der Waals surface area contributed by atoms with Gasteiger partial charge in [0.1, 0.15) is 0 Å². The van der Waals surface area contributed by atoms with E-state index in [4.69, 9.17) is 0 Å². The maximum absolute atomic E-state index is 2.52. The third-order valence-corrected chi connectivity index (χ3v) is 3.64. The van der Waals surface area contributed by atoms with Gasteiger partial charge in [0.15, 0.2) is 0 Å². The Kier molecular flexibility index (Phi) is 2.99. The van der Waals surface area contributed by atoms with E-state index < -0.39 is 0 Å². The van der Waals surface area contributed by atoms with Crippen LogP contribution in [0.5, 0.6) is 0 Å². The summed E-state index contributed by atoms with van der Waals surface area (Å²) in [6.07, 6.45) is 2.68. The lowest BCUT2D eigenvalue weighted by Crippen LogP contribution is -2.32. The highest BCUT2D eigenvalue weighted by molar-refractivity contribution is 5.50. The molecule has 0 N–H and O–H groups in total. The Morgan fingerprint density at radius 2 is 1.73 bits per heavy atom. The monoisotopic (exact) mass is 203 g/mol. The van der Waals surface area contributed by atoms with Crippen LogP contribution in [0.25, 0.3) is 0 Å². The van der Waals surface area contributed by atoms with Crippen molar-refractivity contribution < 1.29 is 0 Å². The number of aryl methyl sites for hydroxylation is 2. The molecule has 1 heteroatoms. The summed E-state index contributed by atoms with van der Waals surface area (Å²) in [7, 11) is 0. The zero-order chi connectivity index (χ0) is 10.8. The molecule has 1 aromatic carbocycles. The maximum Gasteiger partial charge on any atom is 0.0369 e. The minimum absolute atomic E-state index is 0.910. The molecule has 0 spiro atoms. The van der Waals surface area contributed by atoms with E-state index >= 15 is 0 Å². The van der Waals surface area contributed by atoms with Gasteiger partial charge >= 0.3 is 0 Å². The molecule has 1 aliphatic heterocycles. The molecule has 0 radical (unpaired) electrons. The molecule has 1 aromatic rings. The summed E-state index contributed by atoms with van der Waals surface area (Å²) in [5.74, 6) is 0.910. The zero-order valence-corrected chi connectivity index (χ0v) is 10.1. The lowest BCUT2D eigenvalue weighted by atomic mass is 9.98. The molecule has 1 fully saturated rings. The molecule has 0 aromatic heterocycles. The van der Waals surface area contributed by atoms with Crippen molar-refractivity contribution in [3.8, 4) is 0 Å². The van der Waals surface area contributed by atoms with Crippen molar-refractivity contribution in [1.82, 2.24) is 0 Å². The summed E-state index contributed by atoms with van der Waals surface area (Å²) in [5.41, 5.74) is 4.21. The number of benzene rings is 1. The number of anilines is 1. The fourth-order valence-electron chi connectivity index (χ4n) is 2.19. The van der Waals surface area contributed by atoms with Gasteiger partial charge in [-0.05, 0) is 55.9 Å². The molecular formula is C14H21N. The molecule has 0 atom stereocenters. The summed E-state index contributed by atoms with van der Waals surface area (Å²) < 4.78 is 0. The minimum Gasteiger partial charge on any atom is -0.372 e. The zero-order valence-electron chi connectivity index (χ0n) is 10.1. The average molecular weight is 203 g/mol. The van der Waals surface area contributed by atoms with E-state index in [1.807, 2.05) is 0 Å². The Labute approximate surface area is 93.1 Å². The topological polar surface area (TPSA) is 3.24 Å². The Morgan fingerprint density at radius 3 is 2.33 bits per heavy atom. The number of rotatable bonds is 1. The van der Waals surface area contributed by atoms with Crippen LogP contribution in [0.15, 0.2) is 18.2 Å². The first-order chi connectivity index (χ1) is 7.16. The fraction of sp³-hybridized carbons (Fsp3) is 0.571. The summed E-state index contributed by atoms with van der Waals surface area (Å²) in [6, 6.07) is 6.83. The predicted molar refractivity (Wildman–Crippen MR) is 66.5 cm³/mol. The molecule has 1 saturated heterocycles. The van der Waals surface area contributed by atoms with Crippen molar-refractivity contribution in [3.63, 3.8) is 0 Å². The standard InChI is InChI=1S/C14H21N/c1-11-6-8-15(9-7-11)14-5-4-12(2)13(3)10-14/h4-5,10-11H,6-9H2,1-3H3. The van der Waals surface area contributed by atoms with Crippen LogP contribution >= 0.6 is 0 Å². The first kappa shape index (κ1) is 10.5. The van der Waals surface area contributed by atoms with Gasteiger partial charge in [0.25, 0.3) is 0 Å². The van der Waals surface area contributed by atoms with E-state index in [9.17, 15) is 0 Å². The van der Waals surface area contributed by atoms with Crippen molar-refractivity contribution >= 4 is 5.69 Å². The predicted octanol–water partition coefficient (Wildman–Crippen LogP) is 3.54. The SMILES string of the molecule is Cc1ccc(N2CCC(C)CC2)cc1C. The molecule has 1 aliphatic rings. The highest BCUT2D eigenvalue weighted by Crippen LogP contribution is 2.24. The van der Waals surface area contributed by atoms with E-state index in [1.165, 1.54) is 42.7 Å². The maximum atomic E-state index is 2.52. The van der Waals surface area contributed by atoms with E-state index in [2.05, 4.69) is 43.9 Å². The van der Waals surface area contributed by atoms with Gasteiger partial charge in [-0.2, -0.15) is 0 Å². The highest BCUT2D eigenvalue weighted by Gasteiger charge is 2.15. The largest absolute Gasteiger partial charge is 0.372 e. The van der Waals surface area contributed by atoms with Crippen LogP contribution in [0.1, 0.15) is 30.9 Å². The van der Waals surface area contributed by atoms with E-state index in [0.29, 0.717) is 0 Å². The lowest BCUT2D eigenvalue weighted by molar-refractivity contribution is 0.438. The average Bonchev–Trinajstić information content (AvgIpc) is 2.23. The molecule has 1 nitrogen and oxygen atoms in total. The van der Waals surface area contributed by atoms with Gasteiger partial charge in [-0.25, -0.2) is 0 Å². The Hall–Kier alpha value is -0.980. The normalized spacial score (nSPS) is 18.2. The van der Waals surface area contributed by atoms with Crippen LogP contribution in [0, 0.1) is 19.8 Å². The molecule has 0 amide bonds. The number of nitrogens with zero attached hydrogens (tertiary/aromatic N) is 1. The van der Waals surface area contributed by atoms with E-state index in [0.717, 1.165) is 5.92 Å². The second-order valence-electron chi connectivity index (χ2n) is 4.94. The second kappa shape index (κ2) is 4.26. The van der Waals surface area contributed by atoms with Gasteiger partial charge in [-0.3, -0.25) is 0 Å². The minimum atomic E-state index is 0.910. The molecule has 0 bridgehead atoms. The van der Waals surface area contributed by atoms with E-state index in [1.54, 1.807) is 0 Å². The summed E-state index contributed by atoms with van der Waals surface area (Å²) in [4.78, 5) is 2.52. The van der Waals surface area contributed by atoms with Gasteiger partial charge < -0.3 is 4.90 Å². The van der Waals surface area contributed by atoms with Gasteiger partial charge in [0.05, 0.1) is 0 Å². The van der Waals surface area contributed by atoms with Crippen LogP contribution < -0.4 is 4.90 Å². The van der Waals surface area contributed by atoms with Crippen molar-refractivity contribution in [3.05, 3.63) is 29.3 Å². The second-order valence-corrected chi connectivity index (χ2v) is 4.94. The molecule has 82 valence electrons. The third kappa shape index (κ3) is 2.34. The number of hydrogen-bond acceptors (Lipinski definition) is 1. The van der Waals surface area contributed by atoms with Gasteiger partial charge in [-0.1, -0.05) is 13.0 Å². The summed E-state index contributed by atoms with van der Waals surface area (Å²) in [6.45, 7) is 9.19. The molecule has 0 saturated carbocycles. The van der Waals surface area contributed by atoms with Crippen molar-refractivity contribution in [2.45, 2.75) is 33.6 Å². The van der Waals surface area contributed by atoms with E-state index in [-0.39, 0.29) is 0 Å². The smallest absolute Gasteiger partial charge is 0.0369 e. The molecule has 2 rings (SSSR count). The van der Waals surface area contributed by atoms with Crippen molar-refractivity contribution in [2.24, 2.45) is 5.92 Å². The quantitative estimate of drug-likeness (QED) is 0.675. The molecular weight excluding hydrogens is 182 g/mol. The fourth-order valence-corrected chi connectivity index (χ4v) is 2.19. The first-order valence-electron chi connectivity index (χ1n) is 5.99. The van der Waals surface area contributed by atoms with Crippen LogP contribution in [0.2, 0.25) is 0 Å². The van der Waals surface area contributed by atoms with Crippen LogP contribution in [-0.4, -0.2) is 13.1 Å². The molecule has 15 heavy (non-hydrogen) atoms. The summed E-state index contributed by atoms with van der Waals surface area (Å²) in [5, 5.41) is 0. The van der Waals surface area contributed by atoms with Crippen molar-refractivity contribution in [1.29, 1.82) is 0 Å². The van der Waals surface area contributed by atoms with Gasteiger partial charge in [0.2, 0.25) is 0 Å². The Morgan fingerprint density at radius 1 is 1.07 bits per heavy atom. The van der Waals surface area contributed by atoms with Crippen LogP contribution in [0.4, 0.5) is 5.69 Å². The van der Waals surface area contributed by atoms with Crippen LogP contribution in [0.3, 0.4) is 0 Å². The van der Waals surface area contributed by atoms with Gasteiger partial charge in [0, 0.05) is 18.8 Å². The lowest BCUT2D eigenvalue weighted by Gasteiger charge is -2.32. The van der Waals surface area contributed by atoms with Gasteiger partial charge in [-0.15, -0.1) is 0 Å². The first-order valence-corrected chi connectivity index (χ1v) is 5.99. The molecule has 0 aliphatic carbocycles. The third-order valence-electron chi connectivity index (χ3n) is 3.64. The van der Waals surface area contributed by atoms with Crippen molar-refractivity contribution in [2.75, 3.05) is 18.0 Å². The number of hydrogen-bond donors (Lipinski definition) is 0.